The SMILES string of the molecule is Cc1cc(C)c(-n2cc[n+](-c3c(C)cc(C)cc3C)c2[Se-])c(C)c1.Cc1cc(C)c(-n2cc[n+](-c3c(C)cc(C)cc3C)c2[Se-])c(C)c1.O=[N+]([O-])[O-].O=[N+]([O-])[O-].[Ag+].[Ag+]. The molecule has 316 valence electrons. The molecule has 0 atom stereocenters. The second-order valence-corrected chi connectivity index (χ2v) is 15.6. The van der Waals surface area contributed by atoms with Crippen LogP contribution in [0.2, 0.25) is 0 Å². The molecule has 0 radical (unpaired) electrons. The fraction of sp³-hybridized carbons (Fsp3) is 0.286. The first-order valence-corrected chi connectivity index (χ1v) is 19.3. The van der Waals surface area contributed by atoms with Crippen LogP contribution in [0.5, 0.6) is 0 Å². The summed E-state index contributed by atoms with van der Waals surface area (Å²) in [4.78, 5) is 16.5. The van der Waals surface area contributed by atoms with Gasteiger partial charge in [-0.05, 0) is 0 Å². The van der Waals surface area contributed by atoms with Gasteiger partial charge in [0.1, 0.15) is 0 Å². The van der Waals surface area contributed by atoms with Crippen LogP contribution in [0.4, 0.5) is 0 Å². The van der Waals surface area contributed by atoms with E-state index in [1.54, 1.807) is 0 Å². The summed E-state index contributed by atoms with van der Waals surface area (Å²) in [5, 5.41) is 29.5. The monoisotopic (exact) mass is 1110 g/mol. The predicted molar refractivity (Wildman–Crippen MR) is 223 cm³/mol. The average molecular weight is 1110 g/mol. The van der Waals surface area contributed by atoms with E-state index in [0.29, 0.717) is 0 Å². The Bertz CT molecular complexity index is 2010. The maximum Gasteiger partial charge on any atom is 1.00 e. The van der Waals surface area contributed by atoms with E-state index in [-0.39, 0.29) is 44.8 Å². The molecule has 0 spiro atoms. The molecule has 0 saturated carbocycles. The van der Waals surface area contributed by atoms with E-state index in [9.17, 15) is 0 Å². The van der Waals surface area contributed by atoms with Crippen molar-refractivity contribution in [3.8, 4) is 22.7 Å². The third kappa shape index (κ3) is 13.1. The number of nitrogens with zero attached hydrogens (tertiary/aromatic N) is 6. The molecular weight excluding hydrogens is 1060 g/mol. The fourth-order valence-electron chi connectivity index (χ4n) is 7.64. The number of hydrogen-bond donors (Lipinski definition) is 0. The van der Waals surface area contributed by atoms with E-state index < -0.39 is 10.2 Å². The average Bonchev–Trinajstić information content (AvgIpc) is 3.57. The molecule has 0 bridgehead atoms. The van der Waals surface area contributed by atoms with Crippen LogP contribution >= 0.6 is 0 Å². The Morgan fingerprint density at radius 3 is 0.828 bits per heavy atom. The molecule has 0 saturated heterocycles. The van der Waals surface area contributed by atoms with Crippen LogP contribution in [-0.4, -0.2) is 51.3 Å². The van der Waals surface area contributed by atoms with Crippen molar-refractivity contribution in [1.29, 1.82) is 0 Å². The minimum atomic E-state index is -1.75. The van der Waals surface area contributed by atoms with Gasteiger partial charge in [0.15, 0.2) is 0 Å². The molecule has 0 unspecified atom stereocenters. The molecular formula is C42H48Ag2N6O6Se2. The normalized spacial score (nSPS) is 10.0. The first-order chi connectivity index (χ1) is 26.0. The molecule has 0 aliphatic heterocycles. The molecule has 2 aromatic heterocycles. The van der Waals surface area contributed by atoms with Crippen LogP contribution in [-0.2, 0) is 44.8 Å². The van der Waals surface area contributed by atoms with E-state index >= 15 is 0 Å². The molecule has 0 fully saturated rings. The molecule has 6 rings (SSSR count). The molecule has 4 aromatic carbocycles. The molecule has 0 N–H and O–H groups in total. The fourth-order valence-corrected chi connectivity index (χ4v) is 8.92. The third-order valence-electron chi connectivity index (χ3n) is 9.06. The van der Waals surface area contributed by atoms with Crippen molar-refractivity contribution in [2.45, 2.75) is 83.1 Å². The van der Waals surface area contributed by atoms with Crippen LogP contribution in [0.25, 0.3) is 22.7 Å². The van der Waals surface area contributed by atoms with Crippen LogP contribution in [0, 0.1) is 114 Å². The number of imidazole rings is 2. The summed E-state index contributed by atoms with van der Waals surface area (Å²) in [5.74, 6) is 0. The quantitative estimate of drug-likeness (QED) is 0.0875. The maximum absolute atomic E-state index is 8.25. The van der Waals surface area contributed by atoms with Gasteiger partial charge in [-0.2, -0.15) is 0 Å². The summed E-state index contributed by atoms with van der Waals surface area (Å²) in [6, 6.07) is 18.0. The van der Waals surface area contributed by atoms with Crippen molar-refractivity contribution in [2.75, 3.05) is 0 Å². The summed E-state index contributed by atoms with van der Waals surface area (Å²) in [6.45, 7) is 26.1. The van der Waals surface area contributed by atoms with Gasteiger partial charge in [-0.3, -0.25) is 0 Å². The zero-order chi connectivity index (χ0) is 42.3. The smallest absolute Gasteiger partial charge is 0.356 e. The molecule has 12 nitrogen and oxygen atoms in total. The Balaban J connectivity index is 0.000000476. The number of hydrogen-bond acceptors (Lipinski definition) is 6. The van der Waals surface area contributed by atoms with Gasteiger partial charge >= 0.3 is 350 Å². The van der Waals surface area contributed by atoms with Crippen molar-refractivity contribution in [1.82, 2.24) is 9.13 Å². The number of benzene rings is 4. The number of aryl methyl sites for hydroxylation is 12. The van der Waals surface area contributed by atoms with Gasteiger partial charge < -0.3 is 30.6 Å². The summed E-state index contributed by atoms with van der Waals surface area (Å²) >= 11 is 6.56. The van der Waals surface area contributed by atoms with Crippen LogP contribution in [0.3, 0.4) is 0 Å². The van der Waals surface area contributed by atoms with Crippen molar-refractivity contribution in [3.05, 3.63) is 171 Å². The van der Waals surface area contributed by atoms with Gasteiger partial charge in [0.05, 0.1) is 10.2 Å². The second-order valence-electron chi connectivity index (χ2n) is 14.1. The minimum absolute atomic E-state index is 0. The molecule has 16 heteroatoms. The Morgan fingerprint density at radius 2 is 0.621 bits per heavy atom. The second kappa shape index (κ2) is 22.6. The van der Waals surface area contributed by atoms with Gasteiger partial charge in [-0.1, -0.05) is 0 Å². The van der Waals surface area contributed by atoms with Gasteiger partial charge in [-0.25, -0.2) is 0 Å². The van der Waals surface area contributed by atoms with E-state index in [0.717, 1.165) is 9.45 Å². The van der Waals surface area contributed by atoms with Crippen molar-refractivity contribution in [2.24, 2.45) is 0 Å². The molecule has 0 aliphatic rings. The van der Waals surface area contributed by atoms with Crippen LogP contribution < -0.4 is 18.6 Å². The summed E-state index contributed by atoms with van der Waals surface area (Å²) < 4.78 is 11.2. The summed E-state index contributed by atoms with van der Waals surface area (Å²) in [7, 11) is 0. The largest absolute Gasteiger partial charge is 1.00 e. The van der Waals surface area contributed by atoms with E-state index in [1.165, 1.54) is 89.5 Å². The Hall–Kier alpha value is -3.78. The van der Waals surface area contributed by atoms with Crippen molar-refractivity contribution in [3.63, 3.8) is 0 Å². The van der Waals surface area contributed by atoms with Crippen LogP contribution in [0.1, 0.15) is 66.8 Å². The standard InChI is InChI=1S/2C21H24N2Se.2Ag.2NO3/c2*1-13-9-15(3)19(16(4)10-13)22-7-8-23(21(22)24)20-17(5)11-14(2)12-18(20)6;;;2*2-1(3)4/h2*7-12H,1-6H3;;;;/q;;2*+1;2*-1. The number of rotatable bonds is 4. The van der Waals surface area contributed by atoms with Crippen molar-refractivity contribution < 1.29 is 64.1 Å². The molecule has 6 aromatic rings. The summed E-state index contributed by atoms with van der Waals surface area (Å²) in [6.07, 6.45) is 8.59. The Labute approximate surface area is 388 Å². The van der Waals surface area contributed by atoms with Gasteiger partial charge in [0.2, 0.25) is 0 Å². The molecule has 0 amide bonds. The molecule has 0 aliphatic carbocycles. The first kappa shape index (κ1) is 52.2. The Kier molecular flexibility index (Phi) is 20.3. The zero-order valence-corrected chi connectivity index (χ0v) is 40.9. The van der Waals surface area contributed by atoms with Crippen molar-refractivity contribution >= 4 is 41.5 Å². The Morgan fingerprint density at radius 1 is 0.431 bits per heavy atom. The van der Waals surface area contributed by atoms with E-state index in [4.69, 9.17) is 30.6 Å². The number of aromatic nitrogens is 4. The topological polar surface area (TPSA) is 150 Å². The third-order valence-corrected chi connectivity index (χ3v) is 10.7. The minimum Gasteiger partial charge on any atom is -0.356 e. The van der Waals surface area contributed by atoms with Crippen LogP contribution in [0.15, 0.2) is 73.3 Å². The van der Waals surface area contributed by atoms with E-state index in [1.807, 2.05) is 0 Å². The molecule has 58 heavy (non-hydrogen) atoms. The first-order valence-electron chi connectivity index (χ1n) is 17.6. The van der Waals surface area contributed by atoms with Gasteiger partial charge in [-0.15, -0.1) is 0 Å². The zero-order valence-electron chi connectivity index (χ0n) is 34.5. The predicted octanol–water partition coefficient (Wildman–Crippen LogP) is 6.31. The maximum atomic E-state index is 8.25. The van der Waals surface area contributed by atoms with Gasteiger partial charge in [0, 0.05) is 0 Å². The molecule has 2 heterocycles. The van der Waals surface area contributed by atoms with Gasteiger partial charge in [0.25, 0.3) is 0 Å². The van der Waals surface area contributed by atoms with E-state index in [2.05, 4.69) is 207 Å². The summed E-state index contributed by atoms with van der Waals surface area (Å²) in [5.41, 5.74) is 20.6.